The fourth-order valence-corrected chi connectivity index (χ4v) is 1.39. The Morgan fingerprint density at radius 3 is 2.88 bits per heavy atom. The van der Waals surface area contributed by atoms with Crippen molar-refractivity contribution in [2.75, 3.05) is 0 Å². The largest absolute Gasteiger partial charge is 0.508 e. The van der Waals surface area contributed by atoms with Gasteiger partial charge in [-0.15, -0.1) is 0 Å². The van der Waals surface area contributed by atoms with Gasteiger partial charge < -0.3 is 10.4 Å². The third-order valence-electron chi connectivity index (χ3n) is 2.23. The zero-order valence-electron chi connectivity index (χ0n) is 9.32. The number of nitriles is 1. The summed E-state index contributed by atoms with van der Waals surface area (Å²) in [4.78, 5) is 11.8. The lowest BCUT2D eigenvalue weighted by atomic mass is 10.1. The molecule has 0 heterocycles. The van der Waals surface area contributed by atoms with Crippen molar-refractivity contribution in [2.45, 2.75) is 26.3 Å². The van der Waals surface area contributed by atoms with E-state index in [0.29, 0.717) is 11.1 Å². The van der Waals surface area contributed by atoms with E-state index in [9.17, 15) is 9.90 Å². The number of benzene rings is 1. The van der Waals surface area contributed by atoms with Gasteiger partial charge in [0.1, 0.15) is 5.75 Å². The standard InChI is InChI=1S/C12H14N2O2/c1-8-7-10(15)3-4-11(8)12(16)14-9(2)5-6-13/h3-4,7,9,15H,5H2,1-2H3,(H,14,16). The third kappa shape index (κ3) is 2.99. The van der Waals surface area contributed by atoms with Gasteiger partial charge in [-0.3, -0.25) is 4.79 Å². The molecule has 0 spiro atoms. The van der Waals surface area contributed by atoms with E-state index in [1.54, 1.807) is 19.9 Å². The van der Waals surface area contributed by atoms with Gasteiger partial charge in [-0.05, 0) is 37.6 Å². The first kappa shape index (κ1) is 12.1. The molecule has 1 aromatic carbocycles. The van der Waals surface area contributed by atoms with Crippen molar-refractivity contribution in [2.24, 2.45) is 0 Å². The minimum atomic E-state index is -0.222. The second-order valence-corrected chi connectivity index (χ2v) is 3.74. The highest BCUT2D eigenvalue weighted by Gasteiger charge is 2.11. The van der Waals surface area contributed by atoms with Gasteiger partial charge in [0, 0.05) is 11.6 Å². The number of nitrogens with one attached hydrogen (secondary N) is 1. The Kier molecular flexibility index (Phi) is 3.90. The summed E-state index contributed by atoms with van der Waals surface area (Å²) in [6, 6.07) is 6.39. The van der Waals surface area contributed by atoms with Crippen molar-refractivity contribution in [3.05, 3.63) is 29.3 Å². The van der Waals surface area contributed by atoms with Gasteiger partial charge in [0.25, 0.3) is 5.91 Å². The molecule has 1 rings (SSSR count). The minimum absolute atomic E-state index is 0.138. The molecule has 2 N–H and O–H groups in total. The average Bonchev–Trinajstić information content (AvgIpc) is 2.17. The quantitative estimate of drug-likeness (QED) is 0.811. The topological polar surface area (TPSA) is 73.1 Å². The lowest BCUT2D eigenvalue weighted by Gasteiger charge is -2.11. The Bertz CT molecular complexity index is 435. The molecule has 0 saturated carbocycles. The molecule has 0 bridgehead atoms. The van der Waals surface area contributed by atoms with E-state index >= 15 is 0 Å². The monoisotopic (exact) mass is 218 g/mol. The molecule has 4 heteroatoms. The number of rotatable bonds is 3. The first-order chi connectivity index (χ1) is 7.54. The van der Waals surface area contributed by atoms with Crippen LogP contribution >= 0.6 is 0 Å². The normalized spacial score (nSPS) is 11.6. The number of amides is 1. The second kappa shape index (κ2) is 5.17. The number of hydrogen-bond acceptors (Lipinski definition) is 3. The van der Waals surface area contributed by atoms with Gasteiger partial charge in [0.2, 0.25) is 0 Å². The number of phenols is 1. The predicted molar refractivity (Wildman–Crippen MR) is 60.0 cm³/mol. The summed E-state index contributed by atoms with van der Waals surface area (Å²) in [6.07, 6.45) is 0.281. The summed E-state index contributed by atoms with van der Waals surface area (Å²) in [7, 11) is 0. The van der Waals surface area contributed by atoms with E-state index in [4.69, 9.17) is 5.26 Å². The Labute approximate surface area is 94.5 Å². The summed E-state index contributed by atoms with van der Waals surface area (Å²) >= 11 is 0. The van der Waals surface area contributed by atoms with Crippen LogP contribution in [0.3, 0.4) is 0 Å². The van der Waals surface area contributed by atoms with Gasteiger partial charge in [0.15, 0.2) is 0 Å². The SMILES string of the molecule is Cc1cc(O)ccc1C(=O)NC(C)CC#N. The number of aryl methyl sites for hydroxylation is 1. The van der Waals surface area contributed by atoms with E-state index < -0.39 is 0 Å². The molecule has 0 fully saturated rings. The molecule has 1 amide bonds. The molecule has 16 heavy (non-hydrogen) atoms. The van der Waals surface area contributed by atoms with Crippen molar-refractivity contribution in [3.63, 3.8) is 0 Å². The smallest absolute Gasteiger partial charge is 0.251 e. The summed E-state index contributed by atoms with van der Waals surface area (Å²) < 4.78 is 0. The Morgan fingerprint density at radius 2 is 2.31 bits per heavy atom. The number of carbonyl (C=O) groups excluding carboxylic acids is 1. The lowest BCUT2D eigenvalue weighted by Crippen LogP contribution is -2.32. The zero-order chi connectivity index (χ0) is 12.1. The minimum Gasteiger partial charge on any atom is -0.508 e. The van der Waals surface area contributed by atoms with Crippen molar-refractivity contribution >= 4 is 5.91 Å². The van der Waals surface area contributed by atoms with Gasteiger partial charge in [-0.25, -0.2) is 0 Å². The van der Waals surface area contributed by atoms with Crippen molar-refractivity contribution < 1.29 is 9.90 Å². The van der Waals surface area contributed by atoms with Gasteiger partial charge in [-0.1, -0.05) is 0 Å². The summed E-state index contributed by atoms with van der Waals surface area (Å²) in [5.41, 5.74) is 1.23. The van der Waals surface area contributed by atoms with Crippen molar-refractivity contribution in [3.8, 4) is 11.8 Å². The maximum Gasteiger partial charge on any atom is 0.251 e. The molecular formula is C12H14N2O2. The van der Waals surface area contributed by atoms with Crippen LogP contribution in [0.15, 0.2) is 18.2 Å². The van der Waals surface area contributed by atoms with Crippen LogP contribution in [0.5, 0.6) is 5.75 Å². The van der Waals surface area contributed by atoms with Gasteiger partial charge >= 0.3 is 0 Å². The van der Waals surface area contributed by atoms with Crippen molar-refractivity contribution in [1.29, 1.82) is 5.26 Å². The van der Waals surface area contributed by atoms with Crippen LogP contribution < -0.4 is 5.32 Å². The third-order valence-corrected chi connectivity index (χ3v) is 2.23. The summed E-state index contributed by atoms with van der Waals surface area (Å²) in [5, 5.41) is 20.4. The average molecular weight is 218 g/mol. The van der Waals surface area contributed by atoms with E-state index in [1.807, 2.05) is 6.07 Å². The van der Waals surface area contributed by atoms with Crippen LogP contribution in [-0.4, -0.2) is 17.1 Å². The van der Waals surface area contributed by atoms with E-state index in [0.717, 1.165) is 0 Å². The Balaban J connectivity index is 2.78. The number of hydrogen-bond donors (Lipinski definition) is 2. The van der Waals surface area contributed by atoms with Crippen molar-refractivity contribution in [1.82, 2.24) is 5.32 Å². The maximum atomic E-state index is 11.8. The molecular weight excluding hydrogens is 204 g/mol. The van der Waals surface area contributed by atoms with E-state index in [-0.39, 0.29) is 24.1 Å². The fourth-order valence-electron chi connectivity index (χ4n) is 1.39. The van der Waals surface area contributed by atoms with Gasteiger partial charge in [0.05, 0.1) is 12.5 Å². The molecule has 0 aliphatic carbocycles. The second-order valence-electron chi connectivity index (χ2n) is 3.74. The van der Waals surface area contributed by atoms with Crippen LogP contribution in [0.4, 0.5) is 0 Å². The molecule has 0 radical (unpaired) electrons. The van der Waals surface area contributed by atoms with Gasteiger partial charge in [-0.2, -0.15) is 5.26 Å². The molecule has 0 aromatic heterocycles. The summed E-state index contributed by atoms with van der Waals surface area (Å²) in [5.74, 6) is -0.0839. The van der Waals surface area contributed by atoms with Crippen LogP contribution in [0.2, 0.25) is 0 Å². The molecule has 0 aliphatic rings. The number of aromatic hydroxyl groups is 1. The number of nitrogens with zero attached hydrogens (tertiary/aromatic N) is 1. The van der Waals surface area contributed by atoms with Crippen LogP contribution in [0.25, 0.3) is 0 Å². The molecule has 1 aromatic rings. The fraction of sp³-hybridized carbons (Fsp3) is 0.333. The van der Waals surface area contributed by atoms with E-state index in [1.165, 1.54) is 12.1 Å². The van der Waals surface area contributed by atoms with Crippen LogP contribution in [-0.2, 0) is 0 Å². The summed E-state index contributed by atoms with van der Waals surface area (Å²) in [6.45, 7) is 3.53. The predicted octanol–water partition coefficient (Wildman–Crippen LogP) is 1.73. The molecule has 1 unspecified atom stereocenters. The first-order valence-electron chi connectivity index (χ1n) is 5.02. The maximum absolute atomic E-state index is 11.8. The zero-order valence-corrected chi connectivity index (χ0v) is 9.32. The number of phenolic OH excluding ortho intramolecular Hbond substituents is 1. The van der Waals surface area contributed by atoms with Crippen LogP contribution in [0.1, 0.15) is 29.3 Å². The van der Waals surface area contributed by atoms with Crippen LogP contribution in [0, 0.1) is 18.3 Å². The Hall–Kier alpha value is -2.02. The molecule has 1 atom stereocenters. The Morgan fingerprint density at radius 1 is 1.62 bits per heavy atom. The first-order valence-corrected chi connectivity index (χ1v) is 5.02. The molecule has 84 valence electrons. The molecule has 0 aliphatic heterocycles. The number of carbonyl (C=O) groups is 1. The lowest BCUT2D eigenvalue weighted by molar-refractivity contribution is 0.0940. The highest BCUT2D eigenvalue weighted by molar-refractivity contribution is 5.95. The highest BCUT2D eigenvalue weighted by atomic mass is 16.3. The molecule has 4 nitrogen and oxygen atoms in total. The molecule has 0 saturated heterocycles. The van der Waals surface area contributed by atoms with E-state index in [2.05, 4.69) is 5.32 Å². The highest BCUT2D eigenvalue weighted by Crippen LogP contribution is 2.15.